The fourth-order valence-electron chi connectivity index (χ4n) is 1.41. The first-order valence-electron chi connectivity index (χ1n) is 5.47. The second kappa shape index (κ2) is 6.10. The van der Waals surface area contributed by atoms with Crippen LogP contribution in [0.4, 0.5) is 20.5 Å². The molecular weight excluding hydrogens is 258 g/mol. The molecular formula is C11H12F2N4O2. The van der Waals surface area contributed by atoms with Gasteiger partial charge in [0.1, 0.15) is 5.75 Å². The summed E-state index contributed by atoms with van der Waals surface area (Å²) in [5, 5.41) is 13.1. The highest BCUT2D eigenvalue weighted by Gasteiger charge is 2.11. The molecule has 0 saturated carbocycles. The van der Waals surface area contributed by atoms with E-state index in [0.717, 1.165) is 0 Å². The molecule has 1 aromatic heterocycles. The van der Waals surface area contributed by atoms with Crippen LogP contribution in [0.15, 0.2) is 28.7 Å². The predicted octanol–water partition coefficient (Wildman–Crippen LogP) is 2.13. The minimum absolute atomic E-state index is 0.00543. The Hall–Kier alpha value is -2.22. The number of nitrogens with zero attached hydrogens (tertiary/aromatic N) is 2. The Kier molecular flexibility index (Phi) is 4.24. The van der Waals surface area contributed by atoms with Crippen LogP contribution in [-0.4, -0.2) is 23.9 Å². The van der Waals surface area contributed by atoms with Gasteiger partial charge in [-0.05, 0) is 19.2 Å². The minimum Gasteiger partial charge on any atom is -0.433 e. The van der Waals surface area contributed by atoms with Crippen LogP contribution in [0.5, 0.6) is 5.75 Å². The molecule has 0 spiro atoms. The first-order chi connectivity index (χ1) is 9.19. The summed E-state index contributed by atoms with van der Waals surface area (Å²) >= 11 is 0. The predicted molar refractivity (Wildman–Crippen MR) is 63.4 cm³/mol. The highest BCUT2D eigenvalue weighted by molar-refractivity contribution is 5.61. The molecule has 6 nitrogen and oxygen atoms in total. The van der Waals surface area contributed by atoms with Crippen LogP contribution in [0.25, 0.3) is 0 Å². The number of ether oxygens (including phenoxy) is 1. The molecule has 0 aliphatic carbocycles. The summed E-state index contributed by atoms with van der Waals surface area (Å²) < 4.78 is 34.1. The number of anilines is 2. The Balaban J connectivity index is 2.13. The summed E-state index contributed by atoms with van der Waals surface area (Å²) in [5.41, 5.74) is 0.322. The monoisotopic (exact) mass is 270 g/mol. The third-order valence-electron chi connectivity index (χ3n) is 2.14. The summed E-state index contributed by atoms with van der Waals surface area (Å²) in [6, 6.07) is 6.35. The van der Waals surface area contributed by atoms with Gasteiger partial charge in [-0.1, -0.05) is 17.2 Å². The van der Waals surface area contributed by atoms with Crippen LogP contribution < -0.4 is 15.4 Å². The van der Waals surface area contributed by atoms with Crippen molar-refractivity contribution in [2.75, 3.05) is 12.4 Å². The Morgan fingerprint density at radius 3 is 2.84 bits per heavy atom. The van der Waals surface area contributed by atoms with Gasteiger partial charge in [0.25, 0.3) is 0 Å². The highest BCUT2D eigenvalue weighted by atomic mass is 19.3. The molecule has 19 heavy (non-hydrogen) atoms. The standard InChI is InChI=1S/C11H12F2N4O2/c1-14-6-9-16-17-11(19-9)15-7-4-2-3-5-8(7)18-10(12)13/h2-5,10,14H,6H2,1H3,(H,15,17). The van der Waals surface area contributed by atoms with E-state index >= 15 is 0 Å². The molecule has 2 N–H and O–H groups in total. The van der Waals surface area contributed by atoms with Crippen molar-refractivity contribution in [3.05, 3.63) is 30.2 Å². The lowest BCUT2D eigenvalue weighted by atomic mass is 10.3. The normalized spacial score (nSPS) is 10.7. The van der Waals surface area contributed by atoms with Gasteiger partial charge in [-0.15, -0.1) is 5.10 Å². The van der Waals surface area contributed by atoms with Gasteiger partial charge in [0.15, 0.2) is 0 Å². The Labute approximate surface area is 107 Å². The first kappa shape index (κ1) is 13.2. The summed E-state index contributed by atoms with van der Waals surface area (Å²) in [7, 11) is 1.74. The van der Waals surface area contributed by atoms with Crippen LogP contribution in [0.3, 0.4) is 0 Å². The van der Waals surface area contributed by atoms with Gasteiger partial charge < -0.3 is 19.8 Å². The number of alkyl halides is 2. The van der Waals surface area contributed by atoms with E-state index in [2.05, 4.69) is 25.6 Å². The van der Waals surface area contributed by atoms with Gasteiger partial charge in [0, 0.05) is 0 Å². The Morgan fingerprint density at radius 1 is 1.32 bits per heavy atom. The quantitative estimate of drug-likeness (QED) is 0.837. The number of aromatic nitrogens is 2. The van der Waals surface area contributed by atoms with Crippen molar-refractivity contribution >= 4 is 11.7 Å². The van der Waals surface area contributed by atoms with Crippen LogP contribution >= 0.6 is 0 Å². The molecule has 0 bridgehead atoms. The number of para-hydroxylation sites is 2. The number of benzene rings is 1. The molecule has 102 valence electrons. The molecule has 0 amide bonds. The van der Waals surface area contributed by atoms with Crippen molar-refractivity contribution in [3.8, 4) is 5.75 Å². The zero-order valence-corrected chi connectivity index (χ0v) is 10.1. The molecule has 1 aromatic carbocycles. The molecule has 0 atom stereocenters. The molecule has 0 aliphatic rings. The van der Waals surface area contributed by atoms with Gasteiger partial charge in [0.2, 0.25) is 5.89 Å². The van der Waals surface area contributed by atoms with Crippen molar-refractivity contribution < 1.29 is 17.9 Å². The highest BCUT2D eigenvalue weighted by Crippen LogP contribution is 2.28. The molecule has 0 aliphatic heterocycles. The number of hydrogen-bond acceptors (Lipinski definition) is 6. The van der Waals surface area contributed by atoms with Crippen LogP contribution in [0.1, 0.15) is 5.89 Å². The molecule has 0 saturated heterocycles. The molecule has 0 unspecified atom stereocenters. The van der Waals surface area contributed by atoms with Crippen LogP contribution in [-0.2, 0) is 6.54 Å². The first-order valence-corrected chi connectivity index (χ1v) is 5.47. The lowest BCUT2D eigenvalue weighted by Crippen LogP contribution is -2.05. The third-order valence-corrected chi connectivity index (χ3v) is 2.14. The molecule has 2 rings (SSSR count). The number of nitrogens with one attached hydrogen (secondary N) is 2. The molecule has 8 heteroatoms. The summed E-state index contributed by atoms with van der Waals surface area (Å²) in [6.07, 6.45) is 0. The van der Waals surface area contributed by atoms with Crippen molar-refractivity contribution in [1.29, 1.82) is 0 Å². The topological polar surface area (TPSA) is 72.2 Å². The number of hydrogen-bond donors (Lipinski definition) is 2. The van der Waals surface area contributed by atoms with Gasteiger partial charge in [-0.2, -0.15) is 8.78 Å². The van der Waals surface area contributed by atoms with Gasteiger partial charge in [-0.25, -0.2) is 0 Å². The fraction of sp³-hybridized carbons (Fsp3) is 0.273. The second-order valence-corrected chi connectivity index (χ2v) is 3.53. The largest absolute Gasteiger partial charge is 0.433 e. The lowest BCUT2D eigenvalue weighted by Gasteiger charge is -2.09. The average Bonchev–Trinajstić information content (AvgIpc) is 2.79. The Morgan fingerprint density at radius 2 is 2.11 bits per heavy atom. The molecule has 0 radical (unpaired) electrons. The SMILES string of the molecule is CNCc1nnc(Nc2ccccc2OC(F)F)o1. The van der Waals surface area contributed by atoms with Gasteiger partial charge >= 0.3 is 12.6 Å². The van der Waals surface area contributed by atoms with E-state index in [9.17, 15) is 8.78 Å². The summed E-state index contributed by atoms with van der Waals surface area (Å²) in [5.74, 6) is 0.392. The Bertz CT molecular complexity index is 533. The maximum Gasteiger partial charge on any atom is 0.387 e. The van der Waals surface area contributed by atoms with E-state index in [0.29, 0.717) is 18.1 Å². The van der Waals surface area contributed by atoms with E-state index in [4.69, 9.17) is 4.42 Å². The van der Waals surface area contributed by atoms with Crippen molar-refractivity contribution in [1.82, 2.24) is 15.5 Å². The van der Waals surface area contributed by atoms with E-state index in [1.54, 1.807) is 25.2 Å². The minimum atomic E-state index is -2.90. The molecule has 2 aromatic rings. The average molecular weight is 270 g/mol. The van der Waals surface area contributed by atoms with E-state index in [1.165, 1.54) is 6.07 Å². The number of rotatable bonds is 6. The smallest absolute Gasteiger partial charge is 0.387 e. The summed E-state index contributed by atoms with van der Waals surface area (Å²) in [4.78, 5) is 0. The van der Waals surface area contributed by atoms with E-state index < -0.39 is 6.61 Å². The van der Waals surface area contributed by atoms with E-state index in [-0.39, 0.29) is 11.8 Å². The van der Waals surface area contributed by atoms with Crippen molar-refractivity contribution in [3.63, 3.8) is 0 Å². The summed E-state index contributed by atoms with van der Waals surface area (Å²) in [6.45, 7) is -2.48. The third kappa shape index (κ3) is 3.62. The zero-order valence-electron chi connectivity index (χ0n) is 10.1. The number of halogens is 2. The van der Waals surface area contributed by atoms with Crippen molar-refractivity contribution in [2.45, 2.75) is 13.2 Å². The maximum absolute atomic E-state index is 12.2. The molecule has 1 heterocycles. The van der Waals surface area contributed by atoms with Gasteiger partial charge in [-0.3, -0.25) is 0 Å². The van der Waals surface area contributed by atoms with Crippen LogP contribution in [0.2, 0.25) is 0 Å². The van der Waals surface area contributed by atoms with Crippen LogP contribution in [0, 0.1) is 0 Å². The zero-order chi connectivity index (χ0) is 13.7. The van der Waals surface area contributed by atoms with Gasteiger partial charge in [0.05, 0.1) is 12.2 Å². The van der Waals surface area contributed by atoms with E-state index in [1.807, 2.05) is 0 Å². The maximum atomic E-state index is 12.2. The molecule has 0 fully saturated rings. The fourth-order valence-corrected chi connectivity index (χ4v) is 1.41. The van der Waals surface area contributed by atoms with Crippen molar-refractivity contribution in [2.24, 2.45) is 0 Å². The second-order valence-electron chi connectivity index (χ2n) is 3.53. The lowest BCUT2D eigenvalue weighted by molar-refractivity contribution is -0.0493.